The van der Waals surface area contributed by atoms with Crippen LogP contribution in [0.3, 0.4) is 0 Å². The van der Waals surface area contributed by atoms with Gasteiger partial charge in [-0.3, -0.25) is 10.1 Å². The molecule has 0 saturated heterocycles. The molecule has 0 amide bonds. The van der Waals surface area contributed by atoms with Crippen LogP contribution in [-0.2, 0) is 0 Å². The summed E-state index contributed by atoms with van der Waals surface area (Å²) >= 11 is 2.47. The SMILES string of the molecule is Nc1c(Br)c(F)c(F)c(F)c1[N+](=O)[O-]. The Labute approximate surface area is 83.8 Å². The first-order valence-electron chi connectivity index (χ1n) is 3.13. The highest BCUT2D eigenvalue weighted by Crippen LogP contribution is 2.36. The quantitative estimate of drug-likeness (QED) is 0.280. The third-order valence-corrected chi connectivity index (χ3v) is 2.24. The van der Waals surface area contributed by atoms with Crippen molar-refractivity contribution in [3.05, 3.63) is 32.0 Å². The monoisotopic (exact) mass is 270 g/mol. The van der Waals surface area contributed by atoms with Crippen LogP contribution in [0.2, 0.25) is 0 Å². The molecule has 0 unspecified atom stereocenters. The Balaban J connectivity index is 3.68. The summed E-state index contributed by atoms with van der Waals surface area (Å²) in [6.45, 7) is 0. The summed E-state index contributed by atoms with van der Waals surface area (Å²) in [7, 11) is 0. The van der Waals surface area contributed by atoms with Crippen molar-refractivity contribution in [3.8, 4) is 0 Å². The Morgan fingerprint density at radius 2 is 1.71 bits per heavy atom. The van der Waals surface area contributed by atoms with Gasteiger partial charge in [0.25, 0.3) is 0 Å². The molecular formula is C6H2BrF3N2O2. The molecule has 8 heteroatoms. The minimum Gasteiger partial charge on any atom is -0.392 e. The van der Waals surface area contributed by atoms with Gasteiger partial charge in [0.2, 0.25) is 11.6 Å². The van der Waals surface area contributed by atoms with Crippen LogP contribution in [0.5, 0.6) is 0 Å². The smallest absolute Gasteiger partial charge is 0.331 e. The van der Waals surface area contributed by atoms with E-state index in [1.54, 1.807) is 0 Å². The van der Waals surface area contributed by atoms with E-state index in [9.17, 15) is 23.3 Å². The minimum atomic E-state index is -1.93. The van der Waals surface area contributed by atoms with Crippen LogP contribution in [0.1, 0.15) is 0 Å². The summed E-state index contributed by atoms with van der Waals surface area (Å²) in [5.74, 6) is -5.43. The molecule has 2 N–H and O–H groups in total. The number of benzene rings is 1. The lowest BCUT2D eigenvalue weighted by molar-refractivity contribution is -0.386. The maximum Gasteiger partial charge on any atom is 0.331 e. The molecule has 76 valence electrons. The number of rotatable bonds is 1. The first-order valence-corrected chi connectivity index (χ1v) is 3.93. The van der Waals surface area contributed by atoms with Crippen molar-refractivity contribution in [2.24, 2.45) is 0 Å². The second-order valence-electron chi connectivity index (χ2n) is 2.28. The van der Waals surface area contributed by atoms with Crippen molar-refractivity contribution in [2.45, 2.75) is 0 Å². The predicted octanol–water partition coefficient (Wildman–Crippen LogP) is 2.36. The molecule has 0 aliphatic heterocycles. The fourth-order valence-corrected chi connectivity index (χ4v) is 1.18. The number of nitrogens with zero attached hydrogens (tertiary/aromatic N) is 1. The molecule has 0 radical (unpaired) electrons. The van der Waals surface area contributed by atoms with Crippen molar-refractivity contribution in [2.75, 3.05) is 5.73 Å². The van der Waals surface area contributed by atoms with Crippen LogP contribution in [0, 0.1) is 27.6 Å². The number of nitrogens with two attached hydrogens (primary N) is 1. The maximum absolute atomic E-state index is 12.8. The molecule has 14 heavy (non-hydrogen) atoms. The van der Waals surface area contributed by atoms with Gasteiger partial charge in [0.15, 0.2) is 5.82 Å². The van der Waals surface area contributed by atoms with Crippen molar-refractivity contribution < 1.29 is 18.1 Å². The number of hydrogen-bond donors (Lipinski definition) is 1. The second-order valence-corrected chi connectivity index (χ2v) is 3.07. The van der Waals surface area contributed by atoms with Gasteiger partial charge >= 0.3 is 5.69 Å². The van der Waals surface area contributed by atoms with Crippen molar-refractivity contribution in [1.29, 1.82) is 0 Å². The number of nitro groups is 1. The van der Waals surface area contributed by atoms with Crippen molar-refractivity contribution in [1.82, 2.24) is 0 Å². The van der Waals surface area contributed by atoms with E-state index in [-0.39, 0.29) is 0 Å². The molecule has 0 heterocycles. The molecular weight excluding hydrogens is 269 g/mol. The van der Waals surface area contributed by atoms with E-state index in [2.05, 4.69) is 15.9 Å². The minimum absolute atomic E-state index is 0.664. The van der Waals surface area contributed by atoms with Crippen molar-refractivity contribution >= 4 is 27.3 Å². The molecule has 0 fully saturated rings. The van der Waals surface area contributed by atoms with E-state index in [4.69, 9.17) is 5.73 Å². The van der Waals surface area contributed by atoms with Crippen molar-refractivity contribution in [3.63, 3.8) is 0 Å². The van der Waals surface area contributed by atoms with Gasteiger partial charge in [0, 0.05) is 0 Å². The summed E-state index contributed by atoms with van der Waals surface area (Å²) in [4.78, 5) is 9.01. The topological polar surface area (TPSA) is 69.2 Å². The van der Waals surface area contributed by atoms with E-state index in [1.807, 2.05) is 0 Å². The molecule has 1 rings (SSSR count). The molecule has 1 aromatic carbocycles. The van der Waals surface area contributed by atoms with Crippen LogP contribution in [0.25, 0.3) is 0 Å². The Kier molecular flexibility index (Phi) is 2.65. The Morgan fingerprint density at radius 1 is 1.21 bits per heavy atom. The lowest BCUT2D eigenvalue weighted by atomic mass is 10.2. The maximum atomic E-state index is 12.8. The van der Waals surface area contributed by atoms with Gasteiger partial charge in [-0.25, -0.2) is 8.78 Å². The van der Waals surface area contributed by atoms with E-state index in [1.165, 1.54) is 0 Å². The largest absolute Gasteiger partial charge is 0.392 e. The molecule has 0 atom stereocenters. The number of nitrogen functional groups attached to an aromatic ring is 1. The molecule has 4 nitrogen and oxygen atoms in total. The molecule has 0 aliphatic rings. The van der Waals surface area contributed by atoms with E-state index < -0.39 is 38.2 Å². The fourth-order valence-electron chi connectivity index (χ4n) is 0.816. The predicted molar refractivity (Wildman–Crippen MR) is 45.1 cm³/mol. The van der Waals surface area contributed by atoms with Crippen LogP contribution in [0.15, 0.2) is 4.47 Å². The van der Waals surface area contributed by atoms with Gasteiger partial charge in [-0.15, -0.1) is 0 Å². The third-order valence-electron chi connectivity index (χ3n) is 1.46. The zero-order chi connectivity index (χ0) is 11.0. The first-order chi connectivity index (χ1) is 6.37. The van der Waals surface area contributed by atoms with Gasteiger partial charge in [0.05, 0.1) is 9.40 Å². The van der Waals surface area contributed by atoms with Crippen LogP contribution in [0.4, 0.5) is 24.5 Å². The second kappa shape index (κ2) is 3.45. The zero-order valence-electron chi connectivity index (χ0n) is 6.35. The summed E-state index contributed by atoms with van der Waals surface area (Å²) < 4.78 is 37.5. The fraction of sp³-hybridized carbons (Fsp3) is 0. The highest BCUT2D eigenvalue weighted by atomic mass is 79.9. The first kappa shape index (κ1) is 10.8. The van der Waals surface area contributed by atoms with Gasteiger partial charge in [-0.1, -0.05) is 0 Å². The standard InChI is InChI=1S/C6H2BrF3N2O2/c7-1-2(8)3(9)4(10)6(5(1)11)12(13)14/h11H2. The Morgan fingerprint density at radius 3 is 2.14 bits per heavy atom. The Bertz CT molecular complexity index is 395. The number of halogens is 4. The van der Waals surface area contributed by atoms with E-state index in [0.29, 0.717) is 0 Å². The average Bonchev–Trinajstić information content (AvgIpc) is 2.11. The summed E-state index contributed by atoms with van der Waals surface area (Å²) in [6, 6.07) is 0. The summed E-state index contributed by atoms with van der Waals surface area (Å²) in [5.41, 5.74) is 2.95. The zero-order valence-corrected chi connectivity index (χ0v) is 7.94. The molecule has 0 aliphatic carbocycles. The third kappa shape index (κ3) is 1.41. The lowest BCUT2D eigenvalue weighted by Crippen LogP contribution is -2.05. The summed E-state index contributed by atoms with van der Waals surface area (Å²) in [6.07, 6.45) is 0. The highest BCUT2D eigenvalue weighted by molar-refractivity contribution is 9.10. The van der Waals surface area contributed by atoms with Crippen LogP contribution < -0.4 is 5.73 Å². The Hall–Kier alpha value is -1.31. The van der Waals surface area contributed by atoms with E-state index >= 15 is 0 Å². The highest BCUT2D eigenvalue weighted by Gasteiger charge is 2.29. The molecule has 0 aromatic heterocycles. The van der Waals surface area contributed by atoms with Crippen LogP contribution in [-0.4, -0.2) is 4.92 Å². The van der Waals surface area contributed by atoms with Gasteiger partial charge in [-0.2, -0.15) is 4.39 Å². The van der Waals surface area contributed by atoms with Gasteiger partial charge < -0.3 is 5.73 Å². The molecule has 0 saturated carbocycles. The van der Waals surface area contributed by atoms with Crippen LogP contribution >= 0.6 is 15.9 Å². The molecule has 0 spiro atoms. The average molecular weight is 271 g/mol. The summed E-state index contributed by atoms with van der Waals surface area (Å²) in [5, 5.41) is 10.2. The number of hydrogen-bond acceptors (Lipinski definition) is 3. The number of nitro benzene ring substituents is 1. The normalized spacial score (nSPS) is 10.3. The van der Waals surface area contributed by atoms with Gasteiger partial charge in [0.1, 0.15) is 5.69 Å². The van der Waals surface area contributed by atoms with Gasteiger partial charge in [-0.05, 0) is 15.9 Å². The molecule has 0 bridgehead atoms. The van der Waals surface area contributed by atoms with E-state index in [0.717, 1.165) is 0 Å². The number of anilines is 1. The lowest BCUT2D eigenvalue weighted by Gasteiger charge is -2.03. The molecule has 1 aromatic rings.